The molecule has 0 aliphatic heterocycles. The molecule has 2 rings (SSSR count). The highest BCUT2D eigenvalue weighted by Crippen LogP contribution is 2.22. The summed E-state index contributed by atoms with van der Waals surface area (Å²) in [4.78, 5) is 15.2. The lowest BCUT2D eigenvalue weighted by Crippen LogP contribution is -1.95. The molecule has 1 heterocycles. The number of aromatic nitrogens is 1. The molecule has 0 unspecified atom stereocenters. The summed E-state index contributed by atoms with van der Waals surface area (Å²) in [5.41, 5.74) is 1.66. The molecule has 4 heteroatoms. The maximum atomic E-state index is 10.9. The summed E-state index contributed by atoms with van der Waals surface area (Å²) in [6, 6.07) is 6.65. The van der Waals surface area contributed by atoms with E-state index in [1.165, 1.54) is 0 Å². The topological polar surface area (TPSA) is 63.3 Å². The minimum absolute atomic E-state index is 0.214. The molecule has 0 saturated heterocycles. The third-order valence-electron chi connectivity index (χ3n) is 2.42. The molecule has 4 nitrogen and oxygen atoms in total. The number of hydrogen-bond donors (Lipinski definition) is 1. The summed E-state index contributed by atoms with van der Waals surface area (Å²) in [5.74, 6) is -0.0773. The molecule has 0 amide bonds. The van der Waals surface area contributed by atoms with Crippen molar-refractivity contribution in [2.45, 2.75) is 19.8 Å². The molecule has 0 spiro atoms. The smallest absolute Gasteiger partial charge is 0.335 e. The molecule has 0 fully saturated rings. The van der Waals surface area contributed by atoms with E-state index in [2.05, 4.69) is 4.98 Å². The highest BCUT2D eigenvalue weighted by Gasteiger charge is 2.10. The molecule has 0 saturated carbocycles. The van der Waals surface area contributed by atoms with E-state index >= 15 is 0 Å². The van der Waals surface area contributed by atoms with Crippen molar-refractivity contribution in [1.82, 2.24) is 4.98 Å². The Hall–Kier alpha value is -2.10. The number of carboxylic acid groups (broad SMARTS) is 1. The van der Waals surface area contributed by atoms with Gasteiger partial charge in [0.15, 0.2) is 5.89 Å². The van der Waals surface area contributed by atoms with Crippen LogP contribution in [0.15, 0.2) is 34.9 Å². The zero-order chi connectivity index (χ0) is 12.4. The first-order chi connectivity index (χ1) is 8.08. The summed E-state index contributed by atoms with van der Waals surface area (Å²) >= 11 is 0. The second-order valence-corrected chi connectivity index (χ2v) is 4.11. The number of carbonyl (C=O) groups is 1. The zero-order valence-corrected chi connectivity index (χ0v) is 9.68. The second-order valence-electron chi connectivity index (χ2n) is 4.11. The number of benzene rings is 1. The third-order valence-corrected chi connectivity index (χ3v) is 2.42. The van der Waals surface area contributed by atoms with E-state index in [-0.39, 0.29) is 11.5 Å². The van der Waals surface area contributed by atoms with E-state index < -0.39 is 5.97 Å². The Morgan fingerprint density at radius 2 is 2.18 bits per heavy atom. The molecular formula is C13H13NO3. The molecule has 0 aliphatic carbocycles. The van der Waals surface area contributed by atoms with Crippen LogP contribution in [0.5, 0.6) is 0 Å². The van der Waals surface area contributed by atoms with Gasteiger partial charge in [-0.05, 0) is 12.1 Å². The van der Waals surface area contributed by atoms with Crippen molar-refractivity contribution in [1.29, 1.82) is 0 Å². The molecule has 17 heavy (non-hydrogen) atoms. The van der Waals surface area contributed by atoms with Gasteiger partial charge in [0, 0.05) is 11.5 Å². The normalized spacial score (nSPS) is 10.8. The van der Waals surface area contributed by atoms with E-state index in [1.807, 2.05) is 19.9 Å². The van der Waals surface area contributed by atoms with Gasteiger partial charge in [-0.1, -0.05) is 26.0 Å². The number of nitrogens with zero attached hydrogens (tertiary/aromatic N) is 1. The molecule has 1 N–H and O–H groups in total. The Morgan fingerprint density at radius 1 is 1.41 bits per heavy atom. The van der Waals surface area contributed by atoms with Gasteiger partial charge in [0.2, 0.25) is 0 Å². The van der Waals surface area contributed by atoms with Gasteiger partial charge < -0.3 is 9.52 Å². The minimum atomic E-state index is -0.945. The standard InChI is InChI=1S/C13H13NO3/c1-8(2)12-14-11(7-17-12)9-4-3-5-10(6-9)13(15)16/h3-8H,1-2H3,(H,15,16). The first-order valence-electron chi connectivity index (χ1n) is 5.37. The first-order valence-corrected chi connectivity index (χ1v) is 5.37. The Kier molecular flexibility index (Phi) is 2.95. The van der Waals surface area contributed by atoms with Gasteiger partial charge >= 0.3 is 5.97 Å². The molecule has 0 aliphatic rings. The lowest BCUT2D eigenvalue weighted by atomic mass is 10.1. The largest absolute Gasteiger partial charge is 0.478 e. The average molecular weight is 231 g/mol. The second kappa shape index (κ2) is 4.41. The van der Waals surface area contributed by atoms with Crippen LogP contribution in [-0.4, -0.2) is 16.1 Å². The quantitative estimate of drug-likeness (QED) is 0.881. The van der Waals surface area contributed by atoms with E-state index in [0.717, 1.165) is 5.56 Å². The van der Waals surface area contributed by atoms with Crippen LogP contribution in [0, 0.1) is 0 Å². The first kappa shape index (κ1) is 11.4. The summed E-state index contributed by atoms with van der Waals surface area (Å²) < 4.78 is 5.32. The molecule has 2 aromatic rings. The third kappa shape index (κ3) is 2.36. The highest BCUT2D eigenvalue weighted by molar-refractivity contribution is 5.89. The Morgan fingerprint density at radius 3 is 2.76 bits per heavy atom. The number of oxazole rings is 1. The van der Waals surface area contributed by atoms with Gasteiger partial charge in [0.25, 0.3) is 0 Å². The highest BCUT2D eigenvalue weighted by atomic mass is 16.4. The molecule has 88 valence electrons. The number of hydrogen-bond acceptors (Lipinski definition) is 3. The fourth-order valence-corrected chi connectivity index (χ4v) is 1.50. The zero-order valence-electron chi connectivity index (χ0n) is 9.68. The van der Waals surface area contributed by atoms with E-state index in [0.29, 0.717) is 11.6 Å². The predicted molar refractivity (Wildman–Crippen MR) is 63.0 cm³/mol. The van der Waals surface area contributed by atoms with Gasteiger partial charge in [0.1, 0.15) is 12.0 Å². The molecule has 0 bridgehead atoms. The molecular weight excluding hydrogens is 218 g/mol. The molecule has 1 aromatic carbocycles. The summed E-state index contributed by atoms with van der Waals surface area (Å²) in [6.07, 6.45) is 1.55. The van der Waals surface area contributed by atoms with Gasteiger partial charge in [-0.2, -0.15) is 0 Å². The lowest BCUT2D eigenvalue weighted by Gasteiger charge is -1.98. The average Bonchev–Trinajstić information content (AvgIpc) is 2.78. The Bertz CT molecular complexity index is 543. The van der Waals surface area contributed by atoms with Crippen molar-refractivity contribution < 1.29 is 14.3 Å². The van der Waals surface area contributed by atoms with Gasteiger partial charge in [-0.25, -0.2) is 9.78 Å². The van der Waals surface area contributed by atoms with Crippen LogP contribution in [0.4, 0.5) is 0 Å². The predicted octanol–water partition coefficient (Wildman–Crippen LogP) is 3.16. The summed E-state index contributed by atoms with van der Waals surface area (Å²) in [7, 11) is 0. The van der Waals surface area contributed by atoms with E-state index in [1.54, 1.807) is 24.5 Å². The van der Waals surface area contributed by atoms with Crippen molar-refractivity contribution >= 4 is 5.97 Å². The van der Waals surface area contributed by atoms with Crippen molar-refractivity contribution in [2.75, 3.05) is 0 Å². The van der Waals surface area contributed by atoms with E-state index in [9.17, 15) is 4.79 Å². The molecule has 0 radical (unpaired) electrons. The van der Waals surface area contributed by atoms with Crippen molar-refractivity contribution in [3.05, 3.63) is 42.0 Å². The van der Waals surface area contributed by atoms with Crippen molar-refractivity contribution in [3.63, 3.8) is 0 Å². The summed E-state index contributed by atoms with van der Waals surface area (Å²) in [5, 5.41) is 8.91. The monoisotopic (exact) mass is 231 g/mol. The van der Waals surface area contributed by atoms with Crippen LogP contribution in [0.3, 0.4) is 0 Å². The van der Waals surface area contributed by atoms with Crippen LogP contribution in [-0.2, 0) is 0 Å². The van der Waals surface area contributed by atoms with Gasteiger partial charge in [0.05, 0.1) is 5.56 Å². The van der Waals surface area contributed by atoms with Crippen LogP contribution in [0.1, 0.15) is 36.0 Å². The summed E-state index contributed by atoms with van der Waals surface area (Å²) in [6.45, 7) is 3.98. The fraction of sp³-hybridized carbons (Fsp3) is 0.231. The van der Waals surface area contributed by atoms with Crippen LogP contribution >= 0.6 is 0 Å². The van der Waals surface area contributed by atoms with Gasteiger partial charge in [-0.15, -0.1) is 0 Å². The number of rotatable bonds is 3. The Balaban J connectivity index is 2.38. The molecule has 0 atom stereocenters. The SMILES string of the molecule is CC(C)c1nc(-c2cccc(C(=O)O)c2)co1. The van der Waals surface area contributed by atoms with Gasteiger partial charge in [-0.3, -0.25) is 0 Å². The Labute approximate surface area is 98.9 Å². The van der Waals surface area contributed by atoms with Crippen LogP contribution < -0.4 is 0 Å². The van der Waals surface area contributed by atoms with Crippen LogP contribution in [0.25, 0.3) is 11.3 Å². The maximum Gasteiger partial charge on any atom is 0.335 e. The number of aromatic carboxylic acids is 1. The number of carboxylic acids is 1. The van der Waals surface area contributed by atoms with Crippen molar-refractivity contribution in [3.8, 4) is 11.3 Å². The fourth-order valence-electron chi connectivity index (χ4n) is 1.50. The maximum absolute atomic E-state index is 10.9. The lowest BCUT2D eigenvalue weighted by molar-refractivity contribution is 0.0697. The molecule has 1 aromatic heterocycles. The van der Waals surface area contributed by atoms with Crippen molar-refractivity contribution in [2.24, 2.45) is 0 Å². The van der Waals surface area contributed by atoms with Crippen LogP contribution in [0.2, 0.25) is 0 Å². The minimum Gasteiger partial charge on any atom is -0.478 e. The van der Waals surface area contributed by atoms with E-state index in [4.69, 9.17) is 9.52 Å².